The fourth-order valence-electron chi connectivity index (χ4n) is 3.48. The van der Waals surface area contributed by atoms with Crippen LogP contribution in [-0.4, -0.2) is 52.5 Å². The van der Waals surface area contributed by atoms with Crippen LogP contribution in [-0.2, 0) is 16.1 Å². The number of allylic oxidation sites excluding steroid dienone is 1. The number of thiazole rings is 1. The average Bonchev–Trinajstić information content (AvgIpc) is 2.90. The van der Waals surface area contributed by atoms with Gasteiger partial charge in [0, 0.05) is 19.6 Å². The van der Waals surface area contributed by atoms with Crippen molar-refractivity contribution in [1.29, 1.82) is 0 Å². The Hall–Kier alpha value is -2.06. The predicted molar refractivity (Wildman–Crippen MR) is 124 cm³/mol. The van der Waals surface area contributed by atoms with Crippen LogP contribution in [0.1, 0.15) is 32.6 Å². The van der Waals surface area contributed by atoms with E-state index < -0.39 is 0 Å². The zero-order chi connectivity index (χ0) is 21.3. The molecule has 0 saturated carbocycles. The first-order valence-electron chi connectivity index (χ1n) is 10.4. The summed E-state index contributed by atoms with van der Waals surface area (Å²) in [5.41, 5.74) is 0.999. The summed E-state index contributed by atoms with van der Waals surface area (Å²) in [6, 6.07) is 5.88. The highest BCUT2D eigenvalue weighted by Crippen LogP contribution is 2.23. The number of likely N-dealkylation sites (tertiary alicyclic amines) is 1. The Morgan fingerprint density at radius 3 is 2.70 bits per heavy atom. The number of amides is 2. The monoisotopic (exact) mass is 447 g/mol. The second-order valence-corrected chi connectivity index (χ2v) is 9.13. The van der Waals surface area contributed by atoms with Gasteiger partial charge in [0.15, 0.2) is 4.80 Å². The lowest BCUT2D eigenvalue weighted by molar-refractivity contribution is -0.128. The molecule has 1 aromatic heterocycles. The zero-order valence-corrected chi connectivity index (χ0v) is 19.1. The lowest BCUT2D eigenvalue weighted by Crippen LogP contribution is -2.33. The van der Waals surface area contributed by atoms with Gasteiger partial charge in [0.1, 0.15) is 5.75 Å². The molecule has 2 heterocycles. The van der Waals surface area contributed by atoms with E-state index >= 15 is 0 Å². The quantitative estimate of drug-likeness (QED) is 0.577. The fraction of sp³-hybridized carbons (Fsp3) is 0.500. The molecule has 0 atom stereocenters. The van der Waals surface area contributed by atoms with E-state index in [9.17, 15) is 9.59 Å². The van der Waals surface area contributed by atoms with Crippen LogP contribution in [0.2, 0.25) is 0 Å². The van der Waals surface area contributed by atoms with Crippen molar-refractivity contribution in [2.75, 3.05) is 31.2 Å². The van der Waals surface area contributed by atoms with Gasteiger partial charge < -0.3 is 14.2 Å². The topological polar surface area (TPSA) is 63.9 Å². The van der Waals surface area contributed by atoms with Crippen molar-refractivity contribution in [3.63, 3.8) is 0 Å². The molecule has 0 aliphatic carbocycles. The minimum atomic E-state index is -0.224. The van der Waals surface area contributed by atoms with Crippen LogP contribution in [0.3, 0.4) is 0 Å². The van der Waals surface area contributed by atoms with Gasteiger partial charge in [-0.25, -0.2) is 0 Å². The molecule has 30 heavy (non-hydrogen) atoms. The normalized spacial score (nSPS) is 15.2. The van der Waals surface area contributed by atoms with Crippen LogP contribution in [0.15, 0.2) is 35.8 Å². The Morgan fingerprint density at radius 2 is 2.00 bits per heavy atom. The van der Waals surface area contributed by atoms with E-state index in [1.54, 1.807) is 6.08 Å². The van der Waals surface area contributed by atoms with Crippen molar-refractivity contribution >= 4 is 45.1 Å². The van der Waals surface area contributed by atoms with Crippen molar-refractivity contribution in [2.24, 2.45) is 4.99 Å². The van der Waals surface area contributed by atoms with E-state index in [-0.39, 0.29) is 17.6 Å². The van der Waals surface area contributed by atoms with Crippen LogP contribution < -0.4 is 9.54 Å². The summed E-state index contributed by atoms with van der Waals surface area (Å²) in [6.45, 7) is 8.62. The molecular formula is C22H29N3O3S2. The van der Waals surface area contributed by atoms with Gasteiger partial charge in [-0.3, -0.25) is 9.59 Å². The van der Waals surface area contributed by atoms with Gasteiger partial charge in [-0.1, -0.05) is 30.3 Å². The molecule has 0 N–H and O–H groups in total. The number of fused-ring (bicyclic) bond motifs is 1. The number of carbonyl (C=O) groups is 2. The third kappa shape index (κ3) is 5.98. The summed E-state index contributed by atoms with van der Waals surface area (Å²) in [7, 11) is 0. The van der Waals surface area contributed by atoms with E-state index in [1.165, 1.54) is 35.9 Å². The second-order valence-electron chi connectivity index (χ2n) is 7.14. The summed E-state index contributed by atoms with van der Waals surface area (Å²) >= 11 is 2.81. The standard InChI is InChI=1S/C22H29N3O3S2/c1-3-11-25-18-10-9-17(28-4-2)14-19(18)30-22(25)23-20(26)15-29-16-21(27)24-12-7-5-6-8-13-24/h3,9-10,14H,1,4-8,11-13,15-16H2,2H3. The van der Waals surface area contributed by atoms with Crippen LogP contribution in [0, 0.1) is 0 Å². The summed E-state index contributed by atoms with van der Waals surface area (Å²) in [6.07, 6.45) is 6.33. The average molecular weight is 448 g/mol. The van der Waals surface area contributed by atoms with Crippen molar-refractivity contribution < 1.29 is 14.3 Å². The predicted octanol–water partition coefficient (Wildman–Crippen LogP) is 3.85. The first-order chi connectivity index (χ1) is 14.6. The molecule has 0 spiro atoms. The molecule has 6 nitrogen and oxygen atoms in total. The molecule has 2 amide bonds. The number of nitrogens with zero attached hydrogens (tertiary/aromatic N) is 3. The van der Waals surface area contributed by atoms with Gasteiger partial charge in [-0.15, -0.1) is 18.3 Å². The van der Waals surface area contributed by atoms with Gasteiger partial charge in [-0.2, -0.15) is 4.99 Å². The number of hydrogen-bond donors (Lipinski definition) is 0. The molecule has 162 valence electrons. The molecule has 1 aliphatic heterocycles. The first-order valence-corrected chi connectivity index (χ1v) is 12.4. The van der Waals surface area contributed by atoms with Crippen molar-refractivity contribution in [2.45, 2.75) is 39.2 Å². The van der Waals surface area contributed by atoms with E-state index in [2.05, 4.69) is 11.6 Å². The third-order valence-corrected chi connectivity index (χ3v) is 6.85. The molecule has 8 heteroatoms. The van der Waals surface area contributed by atoms with Gasteiger partial charge in [0.25, 0.3) is 5.91 Å². The molecule has 1 aromatic carbocycles. The van der Waals surface area contributed by atoms with E-state index in [1.807, 2.05) is 34.6 Å². The highest BCUT2D eigenvalue weighted by Gasteiger charge is 2.16. The molecule has 0 unspecified atom stereocenters. The van der Waals surface area contributed by atoms with E-state index in [4.69, 9.17) is 4.74 Å². The Labute approximate surface area is 185 Å². The fourth-order valence-corrected chi connectivity index (χ4v) is 5.26. The Morgan fingerprint density at radius 1 is 1.23 bits per heavy atom. The van der Waals surface area contributed by atoms with Crippen LogP contribution in [0.5, 0.6) is 5.75 Å². The number of benzene rings is 1. The smallest absolute Gasteiger partial charge is 0.258 e. The second kappa shape index (κ2) is 11.4. The van der Waals surface area contributed by atoms with Gasteiger partial charge in [0.05, 0.1) is 28.3 Å². The Balaban J connectivity index is 1.67. The molecule has 0 radical (unpaired) electrons. The van der Waals surface area contributed by atoms with Crippen molar-refractivity contribution in [1.82, 2.24) is 9.47 Å². The summed E-state index contributed by atoms with van der Waals surface area (Å²) in [5.74, 6) is 1.24. The van der Waals surface area contributed by atoms with Crippen LogP contribution in [0.25, 0.3) is 10.2 Å². The highest BCUT2D eigenvalue weighted by molar-refractivity contribution is 8.00. The summed E-state index contributed by atoms with van der Waals surface area (Å²) in [4.78, 5) is 31.7. The van der Waals surface area contributed by atoms with Gasteiger partial charge in [-0.05, 0) is 38.0 Å². The maximum Gasteiger partial charge on any atom is 0.258 e. The van der Waals surface area contributed by atoms with E-state index in [0.717, 1.165) is 41.9 Å². The molecule has 1 fully saturated rings. The van der Waals surface area contributed by atoms with Crippen molar-refractivity contribution in [3.05, 3.63) is 35.7 Å². The number of aromatic nitrogens is 1. The molecule has 1 aliphatic rings. The molecule has 0 bridgehead atoms. The van der Waals surface area contributed by atoms with E-state index in [0.29, 0.717) is 23.7 Å². The Bertz CT molecular complexity index is 956. The van der Waals surface area contributed by atoms with Crippen LogP contribution >= 0.6 is 23.1 Å². The number of carbonyl (C=O) groups excluding carboxylic acids is 2. The number of hydrogen-bond acceptors (Lipinski definition) is 5. The largest absolute Gasteiger partial charge is 0.494 e. The number of thioether (sulfide) groups is 1. The molecule has 3 rings (SSSR count). The van der Waals surface area contributed by atoms with Gasteiger partial charge in [0.2, 0.25) is 5.91 Å². The molecular weight excluding hydrogens is 418 g/mol. The summed E-state index contributed by atoms with van der Waals surface area (Å²) in [5, 5.41) is 0. The lowest BCUT2D eigenvalue weighted by atomic mass is 10.2. The molecule has 1 saturated heterocycles. The van der Waals surface area contributed by atoms with Gasteiger partial charge >= 0.3 is 0 Å². The maximum atomic E-state index is 12.5. The highest BCUT2D eigenvalue weighted by atomic mass is 32.2. The Kier molecular flexibility index (Phi) is 8.57. The van der Waals surface area contributed by atoms with Crippen LogP contribution in [0.4, 0.5) is 0 Å². The zero-order valence-electron chi connectivity index (χ0n) is 17.5. The number of rotatable bonds is 8. The van der Waals surface area contributed by atoms with Crippen molar-refractivity contribution in [3.8, 4) is 5.75 Å². The maximum absolute atomic E-state index is 12.5. The SMILES string of the molecule is C=CCn1c(=NC(=O)CSCC(=O)N2CCCCCC2)sc2cc(OCC)ccc21. The number of ether oxygens (including phenoxy) is 1. The minimum Gasteiger partial charge on any atom is -0.494 e. The lowest BCUT2D eigenvalue weighted by Gasteiger charge is -2.19. The summed E-state index contributed by atoms with van der Waals surface area (Å²) < 4.78 is 8.57. The third-order valence-electron chi connectivity index (χ3n) is 4.91. The minimum absolute atomic E-state index is 0.127. The molecule has 2 aromatic rings. The first kappa shape index (κ1) is 22.6.